The van der Waals surface area contributed by atoms with Gasteiger partial charge in [0.2, 0.25) is 5.91 Å². The van der Waals surface area contributed by atoms with Crippen molar-refractivity contribution in [3.05, 3.63) is 24.4 Å². The highest BCUT2D eigenvalue weighted by Gasteiger charge is 2.29. The van der Waals surface area contributed by atoms with Gasteiger partial charge in [0.1, 0.15) is 0 Å². The first-order valence-electron chi connectivity index (χ1n) is 6.47. The van der Waals surface area contributed by atoms with Gasteiger partial charge >= 0.3 is 5.97 Å². The number of carbonyl (C=O) groups is 2. The standard InChI is InChI=1S/C14H22N2O3/c1-4-16-9-7-11(13(16)17)10-12(14(18)19)6-5-8-15(2)3/h4,10-11H,1,5-9H2,2-3H3,(H,18,19). The van der Waals surface area contributed by atoms with E-state index in [1.54, 1.807) is 11.0 Å². The van der Waals surface area contributed by atoms with Crippen LogP contribution >= 0.6 is 0 Å². The fourth-order valence-electron chi connectivity index (χ4n) is 2.15. The van der Waals surface area contributed by atoms with Crippen LogP contribution in [-0.4, -0.2) is 54.0 Å². The number of hydrogen-bond donors (Lipinski definition) is 1. The summed E-state index contributed by atoms with van der Waals surface area (Å²) in [6, 6.07) is 0. The first-order chi connectivity index (χ1) is 8.95. The summed E-state index contributed by atoms with van der Waals surface area (Å²) in [4.78, 5) is 26.6. The maximum Gasteiger partial charge on any atom is 0.331 e. The van der Waals surface area contributed by atoms with E-state index in [1.165, 1.54) is 6.20 Å². The molecule has 1 unspecified atom stereocenters. The van der Waals surface area contributed by atoms with E-state index in [1.807, 2.05) is 19.0 Å². The minimum Gasteiger partial charge on any atom is -0.478 e. The molecule has 1 N–H and O–H groups in total. The summed E-state index contributed by atoms with van der Waals surface area (Å²) in [5.74, 6) is -1.30. The van der Waals surface area contributed by atoms with Crippen molar-refractivity contribution < 1.29 is 14.7 Å². The predicted octanol–water partition coefficient (Wildman–Crippen LogP) is 1.33. The zero-order valence-corrected chi connectivity index (χ0v) is 11.6. The molecular formula is C14H22N2O3. The Morgan fingerprint density at radius 2 is 2.26 bits per heavy atom. The van der Waals surface area contributed by atoms with Gasteiger partial charge in [0.15, 0.2) is 0 Å². The van der Waals surface area contributed by atoms with Gasteiger partial charge in [-0.3, -0.25) is 4.79 Å². The highest BCUT2D eigenvalue weighted by Crippen LogP contribution is 2.22. The summed E-state index contributed by atoms with van der Waals surface area (Å²) in [5, 5.41) is 9.18. The Kier molecular flexibility index (Phi) is 5.76. The van der Waals surface area contributed by atoms with Crippen LogP contribution in [0.25, 0.3) is 0 Å². The van der Waals surface area contributed by atoms with Gasteiger partial charge in [0.05, 0.1) is 5.92 Å². The molecule has 5 nitrogen and oxygen atoms in total. The molecule has 0 aromatic carbocycles. The van der Waals surface area contributed by atoms with Gasteiger partial charge in [-0.25, -0.2) is 4.79 Å². The summed E-state index contributed by atoms with van der Waals surface area (Å²) in [6.07, 6.45) is 5.05. The third-order valence-corrected chi connectivity index (χ3v) is 3.23. The Labute approximate surface area is 114 Å². The number of nitrogens with zero attached hydrogens (tertiary/aromatic N) is 2. The van der Waals surface area contributed by atoms with Crippen molar-refractivity contribution in [3.63, 3.8) is 0 Å². The summed E-state index contributed by atoms with van der Waals surface area (Å²) in [6.45, 7) is 5.03. The zero-order chi connectivity index (χ0) is 14.4. The van der Waals surface area contributed by atoms with E-state index in [2.05, 4.69) is 6.58 Å². The first-order valence-corrected chi connectivity index (χ1v) is 6.47. The average Bonchev–Trinajstić information content (AvgIpc) is 2.68. The maximum atomic E-state index is 11.9. The lowest BCUT2D eigenvalue weighted by Gasteiger charge is -2.11. The maximum absolute atomic E-state index is 11.9. The van der Waals surface area contributed by atoms with E-state index in [-0.39, 0.29) is 11.8 Å². The molecule has 1 atom stereocenters. The Morgan fingerprint density at radius 1 is 1.58 bits per heavy atom. The van der Waals surface area contributed by atoms with Crippen LogP contribution in [0.3, 0.4) is 0 Å². The Morgan fingerprint density at radius 3 is 2.74 bits per heavy atom. The van der Waals surface area contributed by atoms with E-state index in [0.717, 1.165) is 13.0 Å². The molecule has 1 amide bonds. The number of hydrogen-bond acceptors (Lipinski definition) is 3. The highest BCUT2D eigenvalue weighted by molar-refractivity contribution is 5.89. The molecular weight excluding hydrogens is 244 g/mol. The number of carboxylic acids is 1. The van der Waals surface area contributed by atoms with Crippen LogP contribution in [0.1, 0.15) is 19.3 Å². The van der Waals surface area contributed by atoms with Crippen molar-refractivity contribution >= 4 is 11.9 Å². The van der Waals surface area contributed by atoms with E-state index < -0.39 is 5.97 Å². The van der Waals surface area contributed by atoms with Crippen LogP contribution in [0.15, 0.2) is 24.4 Å². The van der Waals surface area contributed by atoms with Crippen molar-refractivity contribution in [1.29, 1.82) is 0 Å². The van der Waals surface area contributed by atoms with Crippen molar-refractivity contribution in [3.8, 4) is 0 Å². The van der Waals surface area contributed by atoms with Gasteiger partial charge in [0.25, 0.3) is 0 Å². The van der Waals surface area contributed by atoms with Crippen molar-refractivity contribution in [2.45, 2.75) is 19.3 Å². The number of rotatable bonds is 7. The number of carbonyl (C=O) groups excluding carboxylic acids is 1. The second kappa shape index (κ2) is 7.09. The molecule has 0 aliphatic carbocycles. The third kappa shape index (κ3) is 4.52. The Balaban J connectivity index is 2.65. The minimum atomic E-state index is -0.927. The van der Waals surface area contributed by atoms with E-state index in [9.17, 15) is 14.7 Å². The molecule has 19 heavy (non-hydrogen) atoms. The molecule has 0 radical (unpaired) electrons. The number of amides is 1. The van der Waals surface area contributed by atoms with Gasteiger partial charge in [-0.2, -0.15) is 0 Å². The van der Waals surface area contributed by atoms with Crippen molar-refractivity contribution in [1.82, 2.24) is 9.80 Å². The van der Waals surface area contributed by atoms with Crippen LogP contribution in [-0.2, 0) is 9.59 Å². The smallest absolute Gasteiger partial charge is 0.331 e. The van der Waals surface area contributed by atoms with Gasteiger partial charge in [-0.15, -0.1) is 0 Å². The summed E-state index contributed by atoms with van der Waals surface area (Å²) in [7, 11) is 3.90. The molecule has 1 rings (SSSR count). The van der Waals surface area contributed by atoms with Crippen molar-refractivity contribution in [2.75, 3.05) is 27.2 Å². The van der Waals surface area contributed by atoms with E-state index in [4.69, 9.17) is 0 Å². The molecule has 0 spiro atoms. The van der Waals surface area contributed by atoms with Crippen LogP contribution in [0.5, 0.6) is 0 Å². The molecule has 0 aromatic rings. The Hall–Kier alpha value is -1.62. The second-order valence-electron chi connectivity index (χ2n) is 5.01. The molecule has 1 heterocycles. The molecule has 0 bridgehead atoms. The van der Waals surface area contributed by atoms with Gasteiger partial charge < -0.3 is 14.9 Å². The van der Waals surface area contributed by atoms with E-state index in [0.29, 0.717) is 25.0 Å². The SMILES string of the molecule is C=CN1CCC(C=C(CCCN(C)C)C(=O)O)C1=O. The lowest BCUT2D eigenvalue weighted by atomic mass is 10.0. The molecule has 1 fully saturated rings. The average molecular weight is 266 g/mol. The van der Waals surface area contributed by atoms with Crippen LogP contribution in [0, 0.1) is 5.92 Å². The Bertz CT molecular complexity index is 388. The largest absolute Gasteiger partial charge is 0.478 e. The third-order valence-electron chi connectivity index (χ3n) is 3.23. The molecule has 1 saturated heterocycles. The molecule has 106 valence electrons. The summed E-state index contributed by atoms with van der Waals surface area (Å²) >= 11 is 0. The quantitative estimate of drug-likeness (QED) is 0.706. The predicted molar refractivity (Wildman–Crippen MR) is 73.5 cm³/mol. The molecule has 5 heteroatoms. The normalized spacial score (nSPS) is 20.2. The zero-order valence-electron chi connectivity index (χ0n) is 11.6. The minimum absolute atomic E-state index is 0.0543. The number of carboxylic acid groups (broad SMARTS) is 1. The molecule has 0 aromatic heterocycles. The van der Waals surface area contributed by atoms with Crippen LogP contribution in [0.4, 0.5) is 0 Å². The lowest BCUT2D eigenvalue weighted by Crippen LogP contribution is -2.21. The summed E-state index contributed by atoms with van der Waals surface area (Å²) < 4.78 is 0. The fraction of sp³-hybridized carbons (Fsp3) is 0.571. The number of aliphatic carboxylic acids is 1. The van der Waals surface area contributed by atoms with Crippen LogP contribution < -0.4 is 0 Å². The second-order valence-corrected chi connectivity index (χ2v) is 5.01. The highest BCUT2D eigenvalue weighted by atomic mass is 16.4. The molecule has 1 aliphatic heterocycles. The van der Waals surface area contributed by atoms with Gasteiger partial charge in [-0.05, 0) is 46.1 Å². The molecule has 1 aliphatic rings. The topological polar surface area (TPSA) is 60.9 Å². The van der Waals surface area contributed by atoms with Crippen LogP contribution in [0.2, 0.25) is 0 Å². The summed E-state index contributed by atoms with van der Waals surface area (Å²) in [5.41, 5.74) is 0.339. The van der Waals surface area contributed by atoms with Gasteiger partial charge in [0, 0.05) is 12.1 Å². The van der Waals surface area contributed by atoms with Gasteiger partial charge in [-0.1, -0.05) is 12.7 Å². The lowest BCUT2D eigenvalue weighted by molar-refractivity contribution is -0.132. The first kappa shape index (κ1) is 15.4. The number of likely N-dealkylation sites (tertiary alicyclic amines) is 1. The monoisotopic (exact) mass is 266 g/mol. The fourth-order valence-corrected chi connectivity index (χ4v) is 2.15. The van der Waals surface area contributed by atoms with E-state index >= 15 is 0 Å². The molecule has 0 saturated carbocycles. The van der Waals surface area contributed by atoms with Crippen molar-refractivity contribution in [2.24, 2.45) is 5.92 Å².